The van der Waals surface area contributed by atoms with Gasteiger partial charge in [-0.1, -0.05) is 32.4 Å². The summed E-state index contributed by atoms with van der Waals surface area (Å²) in [6, 6.07) is 7.00. The number of carbonyl (C=O) groups excluding carboxylic acids is 1. The zero-order valence-electron chi connectivity index (χ0n) is 13.7. The summed E-state index contributed by atoms with van der Waals surface area (Å²) in [4.78, 5) is 12.8. The first kappa shape index (κ1) is 17.7. The number of ether oxygens (including phenoxy) is 1. The second-order valence-electron chi connectivity index (χ2n) is 5.58. The molecule has 0 spiro atoms. The van der Waals surface area contributed by atoms with E-state index in [0.717, 1.165) is 12.2 Å². The van der Waals surface area contributed by atoms with Crippen LogP contribution < -0.4 is 4.74 Å². The Morgan fingerprint density at radius 1 is 1.33 bits per heavy atom. The molecule has 0 aromatic heterocycles. The highest BCUT2D eigenvalue weighted by Gasteiger charge is 2.23. The number of hydrogen-bond acceptors (Lipinski definition) is 3. The van der Waals surface area contributed by atoms with Crippen molar-refractivity contribution < 1.29 is 9.53 Å². The maximum Gasteiger partial charge on any atom is 0.150 e. The van der Waals surface area contributed by atoms with Gasteiger partial charge in [-0.05, 0) is 50.4 Å². The van der Waals surface area contributed by atoms with Gasteiger partial charge in [0, 0.05) is 12.1 Å². The first-order valence-electron chi connectivity index (χ1n) is 8.05. The van der Waals surface area contributed by atoms with Crippen molar-refractivity contribution in [3.63, 3.8) is 0 Å². The van der Waals surface area contributed by atoms with Crippen LogP contribution >= 0.6 is 0 Å². The molecule has 0 aliphatic heterocycles. The van der Waals surface area contributed by atoms with Gasteiger partial charge >= 0.3 is 0 Å². The Morgan fingerprint density at radius 2 is 2.10 bits per heavy atom. The molecule has 0 amide bonds. The number of unbranched alkanes of at least 4 members (excludes halogenated alkanes) is 1. The van der Waals surface area contributed by atoms with Gasteiger partial charge in [0.15, 0.2) is 0 Å². The van der Waals surface area contributed by atoms with E-state index in [1.54, 1.807) is 31.4 Å². The van der Waals surface area contributed by atoms with Gasteiger partial charge in [-0.15, -0.1) is 0 Å². The molecular weight excluding hydrogens is 262 g/mol. The van der Waals surface area contributed by atoms with E-state index >= 15 is 0 Å². The third-order valence-electron chi connectivity index (χ3n) is 3.72. The number of rotatable bonds is 8. The first-order valence-corrected chi connectivity index (χ1v) is 8.05. The number of hydrogen-bond donors (Lipinski definition) is 0. The van der Waals surface area contributed by atoms with Crippen LogP contribution in [0.2, 0.25) is 0 Å². The highest BCUT2D eigenvalue weighted by atomic mass is 16.5. The molecule has 0 radical (unpaired) electrons. The first-order chi connectivity index (χ1) is 10.2. The van der Waals surface area contributed by atoms with Crippen LogP contribution in [0.15, 0.2) is 24.3 Å². The summed E-state index contributed by atoms with van der Waals surface area (Å²) in [5.41, 5.74) is 0.638. The molecule has 1 aliphatic rings. The van der Waals surface area contributed by atoms with Gasteiger partial charge in [0.25, 0.3) is 0 Å². The summed E-state index contributed by atoms with van der Waals surface area (Å²) in [5, 5.41) is 0. The lowest BCUT2D eigenvalue weighted by Gasteiger charge is -2.19. The lowest BCUT2D eigenvalue weighted by molar-refractivity contribution is 0.112. The third kappa shape index (κ3) is 7.86. The molecule has 0 atom stereocenters. The highest BCUT2D eigenvalue weighted by molar-refractivity contribution is 5.75. The van der Waals surface area contributed by atoms with E-state index in [4.69, 9.17) is 4.74 Å². The van der Waals surface area contributed by atoms with Crippen LogP contribution in [-0.2, 0) is 0 Å². The van der Waals surface area contributed by atoms with E-state index in [9.17, 15) is 4.79 Å². The molecule has 0 saturated heterocycles. The average molecular weight is 291 g/mol. The lowest BCUT2D eigenvalue weighted by atomic mass is 10.2. The quantitative estimate of drug-likeness (QED) is 0.677. The van der Waals surface area contributed by atoms with Crippen LogP contribution in [0, 0.1) is 5.92 Å². The second-order valence-corrected chi connectivity index (χ2v) is 5.58. The van der Waals surface area contributed by atoms with E-state index in [0.29, 0.717) is 11.3 Å². The maximum atomic E-state index is 10.2. The molecule has 21 heavy (non-hydrogen) atoms. The molecule has 3 heteroatoms. The zero-order valence-corrected chi connectivity index (χ0v) is 13.7. The van der Waals surface area contributed by atoms with E-state index in [2.05, 4.69) is 18.7 Å². The molecule has 1 saturated carbocycles. The summed E-state index contributed by atoms with van der Waals surface area (Å²) < 4.78 is 4.90. The molecule has 2 rings (SSSR count). The minimum atomic E-state index is 0.638. The molecule has 118 valence electrons. The van der Waals surface area contributed by atoms with E-state index in [1.807, 2.05) is 0 Å². The third-order valence-corrected chi connectivity index (χ3v) is 3.72. The Hall–Kier alpha value is -1.35. The van der Waals surface area contributed by atoms with Crippen LogP contribution in [0.5, 0.6) is 5.75 Å². The minimum absolute atomic E-state index is 0.638. The van der Waals surface area contributed by atoms with Crippen molar-refractivity contribution in [2.45, 2.75) is 39.5 Å². The molecule has 1 aromatic carbocycles. The van der Waals surface area contributed by atoms with Gasteiger partial charge < -0.3 is 9.64 Å². The van der Waals surface area contributed by atoms with E-state index in [1.165, 1.54) is 45.3 Å². The van der Waals surface area contributed by atoms with Crippen LogP contribution in [0.4, 0.5) is 0 Å². The van der Waals surface area contributed by atoms with Crippen molar-refractivity contribution in [2.75, 3.05) is 26.7 Å². The monoisotopic (exact) mass is 291 g/mol. The summed E-state index contributed by atoms with van der Waals surface area (Å²) in [5.74, 6) is 1.77. The summed E-state index contributed by atoms with van der Waals surface area (Å²) >= 11 is 0. The largest absolute Gasteiger partial charge is 0.497 e. The zero-order chi connectivity index (χ0) is 15.5. The summed E-state index contributed by atoms with van der Waals surface area (Å²) in [6.07, 6.45) is 6.48. The minimum Gasteiger partial charge on any atom is -0.497 e. The second kappa shape index (κ2) is 10.4. The average Bonchev–Trinajstić information content (AvgIpc) is 3.36. The van der Waals surface area contributed by atoms with Crippen molar-refractivity contribution >= 4 is 6.29 Å². The van der Waals surface area contributed by atoms with Crippen LogP contribution in [0.3, 0.4) is 0 Å². The number of benzene rings is 1. The summed E-state index contributed by atoms with van der Waals surface area (Å²) in [7, 11) is 1.57. The smallest absolute Gasteiger partial charge is 0.150 e. The van der Waals surface area contributed by atoms with Gasteiger partial charge in [-0.2, -0.15) is 0 Å². The number of nitrogens with zero attached hydrogens (tertiary/aromatic N) is 1. The van der Waals surface area contributed by atoms with E-state index < -0.39 is 0 Å². The molecule has 1 fully saturated rings. The molecule has 1 aromatic rings. The Bertz CT molecular complexity index is 402. The number of methoxy groups -OCH3 is 1. The standard InChI is InChI=1S/C10H21N.C8H8O2/c1-3-5-8-11(4-2)9-10-6-7-10;1-10-8-4-2-3-7(5-8)6-9/h10H,3-9H2,1-2H3;2-6H,1H3. The van der Waals surface area contributed by atoms with Crippen LogP contribution in [0.25, 0.3) is 0 Å². The fourth-order valence-corrected chi connectivity index (χ4v) is 2.14. The SMILES string of the molecule is CCCCN(CC)CC1CC1.COc1cccc(C=O)c1. The van der Waals surface area contributed by atoms with Gasteiger partial charge in [0.1, 0.15) is 12.0 Å². The fourth-order valence-electron chi connectivity index (χ4n) is 2.14. The molecular formula is C18H29NO2. The van der Waals surface area contributed by atoms with Gasteiger partial charge in [-0.3, -0.25) is 4.79 Å². The molecule has 0 bridgehead atoms. The topological polar surface area (TPSA) is 29.5 Å². The van der Waals surface area contributed by atoms with Crippen LogP contribution in [0.1, 0.15) is 49.9 Å². The predicted octanol–water partition coefficient (Wildman–Crippen LogP) is 4.03. The molecule has 1 aliphatic carbocycles. The Kier molecular flexibility index (Phi) is 8.76. The Balaban J connectivity index is 0.000000211. The van der Waals surface area contributed by atoms with Gasteiger partial charge in [-0.25, -0.2) is 0 Å². The molecule has 0 unspecified atom stereocenters. The Morgan fingerprint density at radius 3 is 2.62 bits per heavy atom. The summed E-state index contributed by atoms with van der Waals surface area (Å²) in [6.45, 7) is 8.49. The highest BCUT2D eigenvalue weighted by Crippen LogP contribution is 2.29. The molecule has 0 heterocycles. The van der Waals surface area contributed by atoms with Gasteiger partial charge in [0.05, 0.1) is 7.11 Å². The lowest BCUT2D eigenvalue weighted by Crippen LogP contribution is -2.26. The van der Waals surface area contributed by atoms with Crippen molar-refractivity contribution in [1.29, 1.82) is 0 Å². The fraction of sp³-hybridized carbons (Fsp3) is 0.611. The van der Waals surface area contributed by atoms with Crippen molar-refractivity contribution in [2.24, 2.45) is 5.92 Å². The van der Waals surface area contributed by atoms with Crippen molar-refractivity contribution in [3.05, 3.63) is 29.8 Å². The van der Waals surface area contributed by atoms with Crippen LogP contribution in [-0.4, -0.2) is 37.9 Å². The number of aldehydes is 1. The normalized spacial score (nSPS) is 13.5. The molecule has 0 N–H and O–H groups in total. The van der Waals surface area contributed by atoms with Gasteiger partial charge in [0.2, 0.25) is 0 Å². The number of carbonyl (C=O) groups is 1. The predicted molar refractivity (Wildman–Crippen MR) is 88.1 cm³/mol. The van der Waals surface area contributed by atoms with E-state index in [-0.39, 0.29) is 0 Å². The molecule has 3 nitrogen and oxygen atoms in total. The maximum absolute atomic E-state index is 10.2. The van der Waals surface area contributed by atoms with Crippen molar-refractivity contribution in [1.82, 2.24) is 4.90 Å². The Labute approximate surface area is 129 Å². The van der Waals surface area contributed by atoms with Crippen molar-refractivity contribution in [3.8, 4) is 5.75 Å².